The smallest absolute Gasteiger partial charge is 0.262 e. The molecule has 1 aliphatic rings. The fourth-order valence-electron chi connectivity index (χ4n) is 3.00. The van der Waals surface area contributed by atoms with Crippen LogP contribution in [0.15, 0.2) is 53.1 Å². The first-order chi connectivity index (χ1) is 14.0. The van der Waals surface area contributed by atoms with Crippen molar-refractivity contribution < 1.29 is 23.3 Å². The molecule has 2 aromatic carbocycles. The molecule has 0 atom stereocenters. The molecule has 1 N–H and O–H groups in total. The van der Waals surface area contributed by atoms with Crippen molar-refractivity contribution in [3.63, 3.8) is 0 Å². The van der Waals surface area contributed by atoms with E-state index in [0.29, 0.717) is 0 Å². The second-order valence-electron chi connectivity index (χ2n) is 6.33. The number of nitrogens with zero attached hydrogens (tertiary/aromatic N) is 3. The Bertz CT molecular complexity index is 1080. The van der Waals surface area contributed by atoms with Crippen LogP contribution in [0.4, 0.5) is 4.39 Å². The Morgan fingerprint density at radius 2 is 1.62 bits per heavy atom. The summed E-state index contributed by atoms with van der Waals surface area (Å²) in [5.74, 6) is -1.60. The molecule has 0 bridgehead atoms. The molecule has 8 nitrogen and oxygen atoms in total. The molecule has 0 aliphatic carbocycles. The standard InChI is InChI=1S/C20H15FN4O4/c21-15-8-4-3-7-14(15)18-23-17(29-24-18)9-10-22-16(26)11-25-19(27)12-5-1-2-6-13(12)20(25)28/h1-8H,9-11H2,(H,22,26). The lowest BCUT2D eigenvalue weighted by atomic mass is 10.1. The van der Waals surface area contributed by atoms with Gasteiger partial charge in [0.1, 0.15) is 12.4 Å². The van der Waals surface area contributed by atoms with Gasteiger partial charge in [0, 0.05) is 13.0 Å². The van der Waals surface area contributed by atoms with E-state index in [9.17, 15) is 18.8 Å². The molecule has 0 saturated carbocycles. The molecule has 0 fully saturated rings. The molecule has 0 spiro atoms. The molecule has 0 radical (unpaired) electrons. The first-order valence-corrected chi connectivity index (χ1v) is 8.84. The van der Waals surface area contributed by atoms with Gasteiger partial charge in [0.2, 0.25) is 17.6 Å². The molecule has 9 heteroatoms. The monoisotopic (exact) mass is 394 g/mol. The van der Waals surface area contributed by atoms with Gasteiger partial charge in [0.05, 0.1) is 16.7 Å². The van der Waals surface area contributed by atoms with E-state index in [0.717, 1.165) is 4.90 Å². The summed E-state index contributed by atoms with van der Waals surface area (Å²) < 4.78 is 18.8. The van der Waals surface area contributed by atoms with Gasteiger partial charge in [-0.05, 0) is 24.3 Å². The highest BCUT2D eigenvalue weighted by Gasteiger charge is 2.36. The highest BCUT2D eigenvalue weighted by molar-refractivity contribution is 6.22. The maximum absolute atomic E-state index is 13.8. The summed E-state index contributed by atoms with van der Waals surface area (Å²) in [6.45, 7) is -0.225. The second kappa shape index (κ2) is 7.63. The number of nitrogens with one attached hydrogen (secondary N) is 1. The van der Waals surface area contributed by atoms with Crippen LogP contribution in [0.5, 0.6) is 0 Å². The zero-order valence-electron chi connectivity index (χ0n) is 15.1. The average molecular weight is 394 g/mol. The zero-order valence-corrected chi connectivity index (χ0v) is 15.1. The number of amides is 3. The van der Waals surface area contributed by atoms with Gasteiger partial charge in [-0.15, -0.1) is 0 Å². The Labute approximate surface area is 164 Å². The third kappa shape index (κ3) is 3.62. The maximum Gasteiger partial charge on any atom is 0.262 e. The van der Waals surface area contributed by atoms with E-state index in [1.54, 1.807) is 36.4 Å². The van der Waals surface area contributed by atoms with Gasteiger partial charge >= 0.3 is 0 Å². The van der Waals surface area contributed by atoms with Crippen LogP contribution in [-0.4, -0.2) is 45.9 Å². The minimum atomic E-state index is -0.493. The molecule has 0 saturated heterocycles. The minimum Gasteiger partial charge on any atom is -0.354 e. The normalized spacial score (nSPS) is 12.9. The Morgan fingerprint density at radius 3 is 2.28 bits per heavy atom. The number of halogens is 1. The van der Waals surface area contributed by atoms with E-state index >= 15 is 0 Å². The number of hydrogen-bond donors (Lipinski definition) is 1. The fourth-order valence-corrected chi connectivity index (χ4v) is 3.00. The molecule has 1 aliphatic heterocycles. The number of benzene rings is 2. The molecular weight excluding hydrogens is 379 g/mol. The third-order valence-electron chi connectivity index (χ3n) is 4.42. The second-order valence-corrected chi connectivity index (χ2v) is 6.33. The Balaban J connectivity index is 1.31. The topological polar surface area (TPSA) is 105 Å². The van der Waals surface area contributed by atoms with Crippen LogP contribution in [0.1, 0.15) is 26.6 Å². The van der Waals surface area contributed by atoms with Crippen molar-refractivity contribution in [1.29, 1.82) is 0 Å². The first-order valence-electron chi connectivity index (χ1n) is 8.84. The molecule has 4 rings (SSSR count). The predicted molar refractivity (Wildman–Crippen MR) is 98.2 cm³/mol. The van der Waals surface area contributed by atoms with Crippen LogP contribution in [-0.2, 0) is 11.2 Å². The predicted octanol–water partition coefficient (Wildman–Crippen LogP) is 1.83. The van der Waals surface area contributed by atoms with Crippen LogP contribution in [0.2, 0.25) is 0 Å². The van der Waals surface area contributed by atoms with Gasteiger partial charge in [-0.1, -0.05) is 29.4 Å². The molecule has 3 aromatic rings. The van der Waals surface area contributed by atoms with Crippen LogP contribution in [0, 0.1) is 5.82 Å². The lowest BCUT2D eigenvalue weighted by molar-refractivity contribution is -0.121. The first kappa shape index (κ1) is 18.5. The van der Waals surface area contributed by atoms with Gasteiger partial charge < -0.3 is 9.84 Å². The Morgan fingerprint density at radius 1 is 1.00 bits per heavy atom. The van der Waals surface area contributed by atoms with Crippen molar-refractivity contribution in [3.05, 3.63) is 71.4 Å². The van der Waals surface area contributed by atoms with Crippen LogP contribution >= 0.6 is 0 Å². The lowest BCUT2D eigenvalue weighted by Gasteiger charge is -2.13. The highest BCUT2D eigenvalue weighted by atomic mass is 19.1. The van der Waals surface area contributed by atoms with Crippen LogP contribution < -0.4 is 5.32 Å². The van der Waals surface area contributed by atoms with E-state index in [4.69, 9.17) is 4.52 Å². The summed E-state index contributed by atoms with van der Waals surface area (Å²) in [6.07, 6.45) is 0.218. The summed E-state index contributed by atoms with van der Waals surface area (Å²) in [5, 5.41) is 6.33. The molecule has 2 heterocycles. The number of imide groups is 1. The van der Waals surface area contributed by atoms with Crippen molar-refractivity contribution in [2.75, 3.05) is 13.1 Å². The van der Waals surface area contributed by atoms with Gasteiger partial charge in [-0.3, -0.25) is 19.3 Å². The van der Waals surface area contributed by atoms with Gasteiger partial charge in [0.25, 0.3) is 11.8 Å². The van der Waals surface area contributed by atoms with Crippen molar-refractivity contribution in [2.45, 2.75) is 6.42 Å². The van der Waals surface area contributed by atoms with Crippen molar-refractivity contribution >= 4 is 17.7 Å². The minimum absolute atomic E-state index is 0.121. The van der Waals surface area contributed by atoms with Crippen molar-refractivity contribution in [1.82, 2.24) is 20.4 Å². The van der Waals surface area contributed by atoms with E-state index in [1.807, 2.05) is 0 Å². The summed E-state index contributed by atoms with van der Waals surface area (Å²) in [4.78, 5) is 41.7. The van der Waals surface area contributed by atoms with Gasteiger partial charge in [-0.2, -0.15) is 4.98 Å². The van der Waals surface area contributed by atoms with E-state index in [2.05, 4.69) is 15.5 Å². The number of carbonyl (C=O) groups excluding carboxylic acids is 3. The molecule has 29 heavy (non-hydrogen) atoms. The number of carbonyl (C=O) groups is 3. The highest BCUT2D eigenvalue weighted by Crippen LogP contribution is 2.22. The molecular formula is C20H15FN4O4. The van der Waals surface area contributed by atoms with E-state index in [-0.39, 0.29) is 47.9 Å². The Hall–Kier alpha value is -3.88. The average Bonchev–Trinajstić information content (AvgIpc) is 3.28. The Kier molecular flexibility index (Phi) is 4.86. The van der Waals surface area contributed by atoms with Crippen molar-refractivity contribution in [2.24, 2.45) is 0 Å². The van der Waals surface area contributed by atoms with E-state index in [1.165, 1.54) is 12.1 Å². The number of hydrogen-bond acceptors (Lipinski definition) is 6. The lowest BCUT2D eigenvalue weighted by Crippen LogP contribution is -2.40. The van der Waals surface area contributed by atoms with Crippen LogP contribution in [0.25, 0.3) is 11.4 Å². The summed E-state index contributed by atoms with van der Waals surface area (Å²) in [7, 11) is 0. The molecule has 146 valence electrons. The molecule has 3 amide bonds. The number of aromatic nitrogens is 2. The molecule has 0 unspecified atom stereocenters. The summed E-state index contributed by atoms with van der Waals surface area (Å²) in [6, 6.07) is 12.5. The largest absolute Gasteiger partial charge is 0.354 e. The molecule has 1 aromatic heterocycles. The number of fused-ring (bicyclic) bond motifs is 1. The summed E-state index contributed by atoms with van der Waals surface area (Å²) >= 11 is 0. The van der Waals surface area contributed by atoms with Crippen molar-refractivity contribution in [3.8, 4) is 11.4 Å². The zero-order chi connectivity index (χ0) is 20.4. The number of rotatable bonds is 6. The van der Waals surface area contributed by atoms with Gasteiger partial charge in [-0.25, -0.2) is 4.39 Å². The fraction of sp³-hybridized carbons (Fsp3) is 0.150. The van der Waals surface area contributed by atoms with Crippen LogP contribution in [0.3, 0.4) is 0 Å². The SMILES string of the molecule is O=C(CN1C(=O)c2ccccc2C1=O)NCCc1nc(-c2ccccc2F)no1. The summed E-state index contributed by atoms with van der Waals surface area (Å²) in [5.41, 5.74) is 0.797. The maximum atomic E-state index is 13.8. The third-order valence-corrected chi connectivity index (χ3v) is 4.42. The van der Waals surface area contributed by atoms with E-state index < -0.39 is 23.5 Å². The van der Waals surface area contributed by atoms with Gasteiger partial charge in [0.15, 0.2) is 0 Å². The quantitative estimate of drug-likeness (QED) is 0.640.